The fourth-order valence-corrected chi connectivity index (χ4v) is 2.55. The second-order valence-electron chi connectivity index (χ2n) is 5.40. The maximum absolute atomic E-state index is 12.2. The van der Waals surface area contributed by atoms with E-state index >= 15 is 0 Å². The number of anilines is 1. The van der Waals surface area contributed by atoms with Crippen molar-refractivity contribution in [2.75, 3.05) is 26.6 Å². The van der Waals surface area contributed by atoms with Gasteiger partial charge in [0.1, 0.15) is 0 Å². The molecule has 0 aliphatic rings. The van der Waals surface area contributed by atoms with Crippen LogP contribution in [0.25, 0.3) is 11.6 Å². The highest BCUT2D eigenvalue weighted by Crippen LogP contribution is 2.38. The zero-order valence-electron chi connectivity index (χ0n) is 14.7. The van der Waals surface area contributed by atoms with E-state index in [4.69, 9.17) is 14.2 Å². The van der Waals surface area contributed by atoms with Crippen molar-refractivity contribution in [2.24, 2.45) is 0 Å². The van der Waals surface area contributed by atoms with Crippen molar-refractivity contribution in [3.8, 4) is 17.2 Å². The van der Waals surface area contributed by atoms with Gasteiger partial charge in [0.05, 0.1) is 26.8 Å². The van der Waals surface area contributed by atoms with Gasteiger partial charge in [-0.25, -0.2) is 4.52 Å². The van der Waals surface area contributed by atoms with Gasteiger partial charge in [-0.2, -0.15) is 5.10 Å². The molecule has 0 spiro atoms. The summed E-state index contributed by atoms with van der Waals surface area (Å²) >= 11 is 0. The molecule has 0 fully saturated rings. The highest BCUT2D eigenvalue weighted by molar-refractivity contribution is 6.02. The van der Waals surface area contributed by atoms with Crippen molar-refractivity contribution in [3.63, 3.8) is 0 Å². The van der Waals surface area contributed by atoms with Gasteiger partial charge >= 0.3 is 0 Å². The number of fused-ring (bicyclic) bond motifs is 1. The number of amides is 1. The fraction of sp³-hybridized carbons (Fsp3) is 0.158. The summed E-state index contributed by atoms with van der Waals surface area (Å²) in [7, 11) is 4.63. The molecule has 2 heterocycles. The summed E-state index contributed by atoms with van der Waals surface area (Å²) in [5.41, 5.74) is 2.34. The van der Waals surface area contributed by atoms with Crippen molar-refractivity contribution in [3.05, 3.63) is 54.4 Å². The molecule has 0 saturated heterocycles. The zero-order valence-corrected chi connectivity index (χ0v) is 14.7. The fourth-order valence-electron chi connectivity index (χ4n) is 2.55. The van der Waals surface area contributed by atoms with Crippen LogP contribution < -0.4 is 19.5 Å². The number of hydrogen-bond donors (Lipinski definition) is 1. The third kappa shape index (κ3) is 3.61. The van der Waals surface area contributed by atoms with E-state index in [2.05, 4.69) is 10.4 Å². The molecule has 0 saturated carbocycles. The Morgan fingerprint density at radius 3 is 2.46 bits per heavy atom. The molecule has 0 aliphatic carbocycles. The maximum atomic E-state index is 12.2. The number of ether oxygens (including phenoxy) is 3. The van der Waals surface area contributed by atoms with Gasteiger partial charge in [0.2, 0.25) is 11.7 Å². The molecule has 0 atom stereocenters. The van der Waals surface area contributed by atoms with Crippen molar-refractivity contribution >= 4 is 23.2 Å². The van der Waals surface area contributed by atoms with Gasteiger partial charge in [-0.3, -0.25) is 4.79 Å². The van der Waals surface area contributed by atoms with Gasteiger partial charge in [-0.05, 0) is 42.0 Å². The Hall–Kier alpha value is -3.48. The summed E-state index contributed by atoms with van der Waals surface area (Å²) in [5.74, 6) is 1.31. The first-order valence-electron chi connectivity index (χ1n) is 7.87. The Labute approximate surface area is 150 Å². The first-order valence-corrected chi connectivity index (χ1v) is 7.87. The Kier molecular flexibility index (Phi) is 5.07. The standard InChI is InChI=1S/C19H19N3O4/c1-24-16-10-13(11-17(25-2)19(16)26-3)4-5-18(23)21-14-7-9-22-15(12-14)6-8-20-22/h4-12H,1-3H3,(H,21,23)/b5-4+. The van der Waals surface area contributed by atoms with Gasteiger partial charge < -0.3 is 19.5 Å². The van der Waals surface area contributed by atoms with E-state index in [1.807, 2.05) is 12.1 Å². The molecule has 0 radical (unpaired) electrons. The number of hydrogen-bond acceptors (Lipinski definition) is 5. The highest BCUT2D eigenvalue weighted by Gasteiger charge is 2.12. The topological polar surface area (TPSA) is 74.1 Å². The average Bonchev–Trinajstić information content (AvgIpc) is 3.13. The number of methoxy groups -OCH3 is 3. The second-order valence-corrected chi connectivity index (χ2v) is 5.40. The monoisotopic (exact) mass is 353 g/mol. The lowest BCUT2D eigenvalue weighted by Crippen LogP contribution is -2.08. The van der Waals surface area contributed by atoms with Crippen molar-refractivity contribution in [1.82, 2.24) is 9.61 Å². The summed E-state index contributed by atoms with van der Waals surface area (Å²) in [5, 5.41) is 6.94. The Morgan fingerprint density at radius 2 is 1.81 bits per heavy atom. The van der Waals surface area contributed by atoms with Gasteiger partial charge in [-0.15, -0.1) is 0 Å². The molecule has 0 unspecified atom stereocenters. The van der Waals surface area contributed by atoms with Gasteiger partial charge in [0, 0.05) is 24.2 Å². The Balaban J connectivity index is 1.77. The lowest BCUT2D eigenvalue weighted by molar-refractivity contribution is -0.111. The molecular formula is C19H19N3O4. The predicted molar refractivity (Wildman–Crippen MR) is 99.0 cm³/mol. The SMILES string of the molecule is COc1cc(/C=C/C(=O)Nc2ccn3nccc3c2)cc(OC)c1OC. The summed E-state index contributed by atoms with van der Waals surface area (Å²) in [6.07, 6.45) is 6.61. The number of nitrogens with one attached hydrogen (secondary N) is 1. The van der Waals surface area contributed by atoms with Gasteiger partial charge in [0.15, 0.2) is 11.5 Å². The van der Waals surface area contributed by atoms with E-state index in [1.54, 1.807) is 62.5 Å². The highest BCUT2D eigenvalue weighted by atomic mass is 16.5. The van der Waals surface area contributed by atoms with Crippen LogP contribution in [0.4, 0.5) is 5.69 Å². The molecule has 1 N–H and O–H groups in total. The molecule has 0 aliphatic heterocycles. The summed E-state index contributed by atoms with van der Waals surface area (Å²) in [6, 6.07) is 9.03. The van der Waals surface area contributed by atoms with Crippen LogP contribution in [0.2, 0.25) is 0 Å². The number of rotatable bonds is 6. The molecule has 7 heteroatoms. The van der Waals surface area contributed by atoms with Gasteiger partial charge in [-0.1, -0.05) is 0 Å². The molecule has 0 bridgehead atoms. The molecule has 2 aromatic heterocycles. The van der Waals surface area contributed by atoms with E-state index in [1.165, 1.54) is 6.08 Å². The normalized spacial score (nSPS) is 10.9. The zero-order chi connectivity index (χ0) is 18.5. The van der Waals surface area contributed by atoms with Gasteiger partial charge in [0.25, 0.3) is 0 Å². The molecule has 1 amide bonds. The van der Waals surface area contributed by atoms with E-state index in [0.29, 0.717) is 22.9 Å². The van der Waals surface area contributed by atoms with Crippen LogP contribution in [0.5, 0.6) is 17.2 Å². The predicted octanol–water partition coefficient (Wildman–Crippen LogP) is 3.01. The number of pyridine rings is 1. The van der Waals surface area contributed by atoms with Crippen LogP contribution in [0.1, 0.15) is 5.56 Å². The van der Waals surface area contributed by atoms with E-state index in [-0.39, 0.29) is 5.91 Å². The number of nitrogens with zero attached hydrogens (tertiary/aromatic N) is 2. The van der Waals surface area contributed by atoms with Crippen LogP contribution >= 0.6 is 0 Å². The molecule has 26 heavy (non-hydrogen) atoms. The summed E-state index contributed by atoms with van der Waals surface area (Å²) < 4.78 is 17.6. The van der Waals surface area contributed by atoms with E-state index < -0.39 is 0 Å². The quantitative estimate of drug-likeness (QED) is 0.690. The maximum Gasteiger partial charge on any atom is 0.248 e. The molecule has 7 nitrogen and oxygen atoms in total. The Bertz CT molecular complexity index is 937. The molecular weight excluding hydrogens is 334 g/mol. The lowest BCUT2D eigenvalue weighted by Gasteiger charge is -2.12. The second kappa shape index (κ2) is 7.60. The van der Waals surface area contributed by atoms with Crippen molar-refractivity contribution in [2.45, 2.75) is 0 Å². The summed E-state index contributed by atoms with van der Waals surface area (Å²) in [4.78, 5) is 12.2. The lowest BCUT2D eigenvalue weighted by atomic mass is 10.1. The first-order chi connectivity index (χ1) is 12.6. The van der Waals surface area contributed by atoms with Crippen molar-refractivity contribution in [1.29, 1.82) is 0 Å². The minimum Gasteiger partial charge on any atom is -0.493 e. The number of aromatic nitrogens is 2. The molecule has 3 aromatic rings. The van der Waals surface area contributed by atoms with Crippen LogP contribution in [0, 0.1) is 0 Å². The minimum atomic E-state index is -0.248. The third-order valence-corrected chi connectivity index (χ3v) is 3.78. The van der Waals surface area contributed by atoms with Crippen LogP contribution in [-0.4, -0.2) is 36.9 Å². The largest absolute Gasteiger partial charge is 0.493 e. The minimum absolute atomic E-state index is 0.248. The van der Waals surface area contributed by atoms with E-state index in [0.717, 1.165) is 11.1 Å². The van der Waals surface area contributed by atoms with Crippen LogP contribution in [-0.2, 0) is 4.79 Å². The molecule has 3 rings (SSSR count). The first kappa shape index (κ1) is 17.3. The average molecular weight is 353 g/mol. The van der Waals surface area contributed by atoms with Crippen LogP contribution in [0.3, 0.4) is 0 Å². The third-order valence-electron chi connectivity index (χ3n) is 3.78. The van der Waals surface area contributed by atoms with E-state index in [9.17, 15) is 4.79 Å². The number of benzene rings is 1. The molecule has 134 valence electrons. The number of carbonyl (C=O) groups is 1. The Morgan fingerprint density at radius 1 is 1.08 bits per heavy atom. The summed E-state index contributed by atoms with van der Waals surface area (Å²) in [6.45, 7) is 0. The van der Waals surface area contributed by atoms with Crippen LogP contribution in [0.15, 0.2) is 48.8 Å². The van der Waals surface area contributed by atoms with Crippen molar-refractivity contribution < 1.29 is 19.0 Å². The molecule has 1 aromatic carbocycles. The number of carbonyl (C=O) groups excluding carboxylic acids is 1. The smallest absolute Gasteiger partial charge is 0.248 e.